The molecule has 246 valence electrons. The van der Waals surface area contributed by atoms with Gasteiger partial charge in [0.05, 0.1) is 31.1 Å². The van der Waals surface area contributed by atoms with Crippen molar-refractivity contribution in [3.8, 4) is 0 Å². The van der Waals surface area contributed by atoms with Gasteiger partial charge < -0.3 is 14.3 Å². The summed E-state index contributed by atoms with van der Waals surface area (Å²) in [5.41, 5.74) is 0.120. The summed E-state index contributed by atoms with van der Waals surface area (Å²) in [6, 6.07) is 11.9. The Morgan fingerprint density at radius 1 is 1.07 bits per heavy atom. The second-order valence-corrected chi connectivity index (χ2v) is 14.0. The number of esters is 1. The van der Waals surface area contributed by atoms with Gasteiger partial charge in [-0.15, -0.1) is 0 Å². The molecule has 3 fully saturated rings. The second-order valence-electron chi connectivity index (χ2n) is 12.8. The van der Waals surface area contributed by atoms with Gasteiger partial charge in [0, 0.05) is 17.9 Å². The van der Waals surface area contributed by atoms with Crippen LogP contribution in [0.1, 0.15) is 57.4 Å². The number of piperidine rings is 1. The first-order chi connectivity index (χ1) is 21.4. The Labute approximate surface area is 264 Å². The number of likely N-dealkylation sites (tertiary alicyclic amines) is 2. The molecule has 0 bridgehead atoms. The highest BCUT2D eigenvalue weighted by atomic mass is 32.2. The number of likely N-dealkylation sites (N-methyl/N-ethyl adjacent to an activating group) is 1. The van der Waals surface area contributed by atoms with Crippen LogP contribution in [0.5, 0.6) is 0 Å². The number of hydrogen-bond donors (Lipinski definition) is 1. The smallest absolute Gasteiger partial charge is 0.478 e. The minimum Gasteiger partial charge on any atom is -0.478 e. The summed E-state index contributed by atoms with van der Waals surface area (Å²) in [6.45, 7) is 5.05. The maximum absolute atomic E-state index is 14.8. The van der Waals surface area contributed by atoms with E-state index in [2.05, 4.69) is 11.7 Å². The number of benzene rings is 2. The molecule has 2 aromatic carbocycles. The highest BCUT2D eigenvalue weighted by molar-refractivity contribution is 7.99. The van der Waals surface area contributed by atoms with Gasteiger partial charge in [-0.25, -0.2) is 18.4 Å². The molecule has 0 spiro atoms. The maximum atomic E-state index is 14.8. The zero-order chi connectivity index (χ0) is 32.4. The molecule has 5 rings (SSSR count). The molecule has 12 heteroatoms. The summed E-state index contributed by atoms with van der Waals surface area (Å²) in [4.78, 5) is 27.1. The van der Waals surface area contributed by atoms with E-state index in [1.807, 2.05) is 11.0 Å². The lowest BCUT2D eigenvalue weighted by molar-refractivity contribution is -0.944. The van der Waals surface area contributed by atoms with E-state index in [9.17, 15) is 36.6 Å². The first kappa shape index (κ1) is 33.7. The average molecular weight is 656 g/mol. The number of carbonyl (C=O) groups excluding carboxylic acids is 1. The minimum absolute atomic E-state index is 0.135. The topological polar surface area (TPSA) is 66.8 Å². The molecule has 6 nitrogen and oxygen atoms in total. The summed E-state index contributed by atoms with van der Waals surface area (Å²) < 4.78 is 73.5. The van der Waals surface area contributed by atoms with Crippen molar-refractivity contribution in [3.63, 3.8) is 0 Å². The van der Waals surface area contributed by atoms with Crippen LogP contribution in [0.4, 0.5) is 22.0 Å². The standard InChI is InChI=1S/C33H39F5N2O4S/c1-2-40(18-4-3-11-27(40)45-26-14-12-24(34)13-15-26)21-32(23-9-6-10-25(35)19-23)16-17-39(20-32)28(22-7-5-8-22)29(30(41)42)44-31(43)33(36,37)38/h6,9-10,12-15,19,22,27-29H,2-5,7-8,11,16-18,20-21H2,1H3/p+1/t27-,28+,29?,32+,40?/m1/s1. The van der Waals surface area contributed by atoms with Crippen molar-refractivity contribution < 1.29 is 45.9 Å². The first-order valence-electron chi connectivity index (χ1n) is 15.6. The van der Waals surface area contributed by atoms with Crippen LogP contribution in [0.25, 0.3) is 0 Å². The van der Waals surface area contributed by atoms with Gasteiger partial charge in [0.2, 0.25) is 6.10 Å². The van der Waals surface area contributed by atoms with E-state index >= 15 is 0 Å². The molecule has 0 aromatic heterocycles. The van der Waals surface area contributed by atoms with Gasteiger partial charge in [-0.1, -0.05) is 30.3 Å². The lowest BCUT2D eigenvalue weighted by atomic mass is 9.76. The third-order valence-corrected chi connectivity index (χ3v) is 11.6. The fourth-order valence-corrected chi connectivity index (χ4v) is 9.11. The molecule has 2 aliphatic heterocycles. The van der Waals surface area contributed by atoms with E-state index < -0.39 is 41.5 Å². The zero-order valence-corrected chi connectivity index (χ0v) is 26.1. The fraction of sp³-hybridized carbons (Fsp3) is 0.576. The largest absolute Gasteiger partial charge is 0.490 e. The highest BCUT2D eigenvalue weighted by Crippen LogP contribution is 2.46. The van der Waals surface area contributed by atoms with Gasteiger partial charge in [0.15, 0.2) is 0 Å². The van der Waals surface area contributed by atoms with Crippen LogP contribution < -0.4 is 0 Å². The predicted molar refractivity (Wildman–Crippen MR) is 159 cm³/mol. The van der Waals surface area contributed by atoms with E-state index in [1.54, 1.807) is 30.0 Å². The van der Waals surface area contributed by atoms with E-state index in [-0.39, 0.29) is 17.1 Å². The van der Waals surface area contributed by atoms with Crippen molar-refractivity contribution in [2.24, 2.45) is 5.92 Å². The Balaban J connectivity index is 1.50. The van der Waals surface area contributed by atoms with Gasteiger partial charge in [0.1, 0.15) is 17.0 Å². The normalized spacial score (nSPS) is 27.5. The molecule has 2 unspecified atom stereocenters. The summed E-state index contributed by atoms with van der Waals surface area (Å²) in [5.74, 6) is -5.09. The summed E-state index contributed by atoms with van der Waals surface area (Å²) in [6.07, 6.45) is -1.77. The number of aliphatic carboxylic acids is 1. The van der Waals surface area contributed by atoms with Gasteiger partial charge in [-0.05, 0) is 93.5 Å². The van der Waals surface area contributed by atoms with Crippen LogP contribution in [0.15, 0.2) is 53.4 Å². The zero-order valence-electron chi connectivity index (χ0n) is 25.3. The van der Waals surface area contributed by atoms with Crippen molar-refractivity contribution in [2.45, 2.75) is 85.9 Å². The molecule has 1 N–H and O–H groups in total. The number of carboxylic acids is 1. The Morgan fingerprint density at radius 3 is 2.40 bits per heavy atom. The number of carboxylic acid groups (broad SMARTS) is 1. The molecule has 2 saturated heterocycles. The van der Waals surface area contributed by atoms with Crippen molar-refractivity contribution >= 4 is 23.7 Å². The number of halogens is 5. The molecule has 3 aliphatic rings. The summed E-state index contributed by atoms with van der Waals surface area (Å²) >= 11 is 1.70. The number of carbonyl (C=O) groups is 2. The molecule has 1 saturated carbocycles. The summed E-state index contributed by atoms with van der Waals surface area (Å²) in [7, 11) is 0. The van der Waals surface area contributed by atoms with E-state index in [4.69, 9.17) is 0 Å². The van der Waals surface area contributed by atoms with E-state index in [1.165, 1.54) is 24.3 Å². The molecule has 2 heterocycles. The number of rotatable bonds is 11. The Kier molecular flexibility index (Phi) is 10.2. The summed E-state index contributed by atoms with van der Waals surface area (Å²) in [5, 5.41) is 10.2. The molecular formula is C33H40F5N2O4S+. The third kappa shape index (κ3) is 7.33. The number of ether oxygens (including phenoxy) is 1. The molecular weight excluding hydrogens is 615 g/mol. The first-order valence-corrected chi connectivity index (χ1v) is 16.5. The van der Waals surface area contributed by atoms with Crippen molar-refractivity contribution in [2.75, 3.05) is 32.7 Å². The van der Waals surface area contributed by atoms with E-state index in [0.29, 0.717) is 43.4 Å². The number of alkyl halides is 3. The van der Waals surface area contributed by atoms with Crippen molar-refractivity contribution in [1.29, 1.82) is 0 Å². The Bertz CT molecular complexity index is 1360. The maximum Gasteiger partial charge on any atom is 0.490 e. The van der Waals surface area contributed by atoms with Gasteiger partial charge >= 0.3 is 18.1 Å². The minimum atomic E-state index is -5.32. The lowest BCUT2D eigenvalue weighted by Crippen LogP contribution is -2.63. The Hall–Kier alpha value is -2.70. The predicted octanol–water partition coefficient (Wildman–Crippen LogP) is 6.77. The molecule has 0 radical (unpaired) electrons. The van der Waals surface area contributed by atoms with Crippen LogP contribution >= 0.6 is 11.8 Å². The Morgan fingerprint density at radius 2 is 1.80 bits per heavy atom. The number of thioether (sulfide) groups is 1. The fourth-order valence-electron chi connectivity index (χ4n) is 7.66. The average Bonchev–Trinajstić information content (AvgIpc) is 3.39. The van der Waals surface area contributed by atoms with Gasteiger partial charge in [0.25, 0.3) is 0 Å². The molecule has 0 amide bonds. The van der Waals surface area contributed by atoms with Crippen LogP contribution in [0.3, 0.4) is 0 Å². The number of quaternary nitrogens is 1. The second kappa shape index (κ2) is 13.6. The van der Waals surface area contributed by atoms with E-state index in [0.717, 1.165) is 49.2 Å². The lowest BCUT2D eigenvalue weighted by Gasteiger charge is -2.51. The van der Waals surface area contributed by atoms with Crippen molar-refractivity contribution in [3.05, 3.63) is 65.7 Å². The monoisotopic (exact) mass is 655 g/mol. The molecule has 2 aromatic rings. The molecule has 45 heavy (non-hydrogen) atoms. The number of nitrogens with zero attached hydrogens (tertiary/aromatic N) is 2. The van der Waals surface area contributed by atoms with Crippen LogP contribution in [-0.4, -0.2) is 82.8 Å². The highest BCUT2D eigenvalue weighted by Gasteiger charge is 2.55. The van der Waals surface area contributed by atoms with Gasteiger partial charge in [-0.3, -0.25) is 4.90 Å². The third-order valence-electron chi connectivity index (χ3n) is 10.1. The van der Waals surface area contributed by atoms with Crippen LogP contribution in [-0.2, 0) is 19.7 Å². The SMILES string of the molecule is CC[N+]1(C[C@]2(c3cccc(F)c3)CCN([C@@H](C3CCC3)C(OC(=O)C(F)(F)F)C(=O)O)C2)CCCC[C@H]1Sc1ccc(F)cc1. The quantitative estimate of drug-likeness (QED) is 0.164. The van der Waals surface area contributed by atoms with Crippen LogP contribution in [0, 0.1) is 17.6 Å². The van der Waals surface area contributed by atoms with Crippen molar-refractivity contribution in [1.82, 2.24) is 4.90 Å². The van der Waals surface area contributed by atoms with Crippen LogP contribution in [0.2, 0.25) is 0 Å². The molecule has 1 aliphatic carbocycles. The van der Waals surface area contributed by atoms with Gasteiger partial charge in [-0.2, -0.15) is 13.2 Å². The molecule has 5 atom stereocenters. The number of hydrogen-bond acceptors (Lipinski definition) is 5.